The van der Waals surface area contributed by atoms with E-state index in [1.54, 1.807) is 12.1 Å². The van der Waals surface area contributed by atoms with Gasteiger partial charge in [0.1, 0.15) is 11.4 Å². The van der Waals surface area contributed by atoms with Gasteiger partial charge >= 0.3 is 6.18 Å². The maximum Gasteiger partial charge on any atom is 0.433 e. The molecule has 0 atom stereocenters. The zero-order chi connectivity index (χ0) is 17.7. The van der Waals surface area contributed by atoms with Crippen molar-refractivity contribution in [1.82, 2.24) is 15.1 Å². The van der Waals surface area contributed by atoms with Crippen molar-refractivity contribution in [1.29, 1.82) is 0 Å². The zero-order valence-corrected chi connectivity index (χ0v) is 14.4. The third-order valence-corrected chi connectivity index (χ3v) is 4.67. The number of halogens is 3. The molecule has 132 valence electrons. The molecule has 1 N–H and O–H groups in total. The topological polar surface area (TPSA) is 46.9 Å². The molecule has 1 amide bonds. The summed E-state index contributed by atoms with van der Waals surface area (Å²) in [6.07, 6.45) is -0.184. The number of hydrogen-bond donors (Lipinski definition) is 1. The molecule has 0 aliphatic heterocycles. The Morgan fingerprint density at radius 2 is 2.04 bits per heavy atom. The first-order chi connectivity index (χ1) is 11.3. The predicted octanol–water partition coefficient (Wildman–Crippen LogP) is 4.48. The number of unbranched alkanes of at least 4 members (excludes halogenated alkanes) is 3. The van der Waals surface area contributed by atoms with E-state index in [-0.39, 0.29) is 11.6 Å². The second kappa shape index (κ2) is 7.83. The highest BCUT2D eigenvalue weighted by molar-refractivity contribution is 7.17. The lowest BCUT2D eigenvalue weighted by atomic mass is 10.2. The van der Waals surface area contributed by atoms with Gasteiger partial charge in [0.15, 0.2) is 0 Å². The smallest absolute Gasteiger partial charge is 0.351 e. The average molecular weight is 359 g/mol. The minimum atomic E-state index is -4.45. The van der Waals surface area contributed by atoms with Gasteiger partial charge in [-0.05, 0) is 24.6 Å². The average Bonchev–Trinajstić information content (AvgIpc) is 3.12. The van der Waals surface area contributed by atoms with Crippen molar-refractivity contribution >= 4 is 17.2 Å². The molecule has 2 aromatic rings. The number of rotatable bonds is 7. The van der Waals surface area contributed by atoms with Crippen LogP contribution in [0, 0.1) is 0 Å². The number of aromatic nitrogens is 2. The summed E-state index contributed by atoms with van der Waals surface area (Å²) in [6, 6.07) is 4.24. The van der Waals surface area contributed by atoms with Gasteiger partial charge in [0, 0.05) is 13.6 Å². The highest BCUT2D eigenvalue weighted by Crippen LogP contribution is 2.34. The van der Waals surface area contributed by atoms with Crippen molar-refractivity contribution < 1.29 is 18.0 Å². The van der Waals surface area contributed by atoms with Crippen LogP contribution < -0.4 is 5.32 Å². The molecule has 0 spiro atoms. The highest BCUT2D eigenvalue weighted by atomic mass is 32.1. The van der Waals surface area contributed by atoms with E-state index >= 15 is 0 Å². The van der Waals surface area contributed by atoms with Crippen LogP contribution in [0.3, 0.4) is 0 Å². The van der Waals surface area contributed by atoms with E-state index in [0.717, 1.165) is 47.8 Å². The molecule has 0 aromatic carbocycles. The highest BCUT2D eigenvalue weighted by Gasteiger charge is 2.35. The van der Waals surface area contributed by atoms with E-state index in [1.807, 2.05) is 0 Å². The molecular formula is C16H20F3N3OS. The molecule has 4 nitrogen and oxygen atoms in total. The van der Waals surface area contributed by atoms with Crippen LogP contribution in [-0.2, 0) is 13.2 Å². The lowest BCUT2D eigenvalue weighted by Gasteiger charge is -2.04. The molecular weight excluding hydrogens is 339 g/mol. The third kappa shape index (κ3) is 4.59. The monoisotopic (exact) mass is 359 g/mol. The maximum atomic E-state index is 12.8. The molecule has 24 heavy (non-hydrogen) atoms. The van der Waals surface area contributed by atoms with E-state index in [1.165, 1.54) is 7.05 Å². The Labute approximate surface area is 142 Å². The van der Waals surface area contributed by atoms with Crippen LogP contribution in [0.4, 0.5) is 13.2 Å². The molecule has 0 aliphatic carbocycles. The Balaban J connectivity index is 2.01. The molecule has 0 saturated carbocycles. The Hall–Kier alpha value is -1.83. The van der Waals surface area contributed by atoms with Crippen LogP contribution in [-0.4, -0.2) is 22.2 Å². The molecule has 8 heteroatoms. The van der Waals surface area contributed by atoms with E-state index in [4.69, 9.17) is 0 Å². The molecule has 0 aliphatic rings. The first-order valence-electron chi connectivity index (χ1n) is 7.82. The van der Waals surface area contributed by atoms with Crippen LogP contribution in [0.25, 0.3) is 10.6 Å². The normalized spacial score (nSPS) is 11.7. The van der Waals surface area contributed by atoms with Gasteiger partial charge in [-0.25, -0.2) is 0 Å². The van der Waals surface area contributed by atoms with E-state index < -0.39 is 11.9 Å². The third-order valence-electron chi connectivity index (χ3n) is 3.57. The molecule has 0 radical (unpaired) electrons. The Bertz CT molecular complexity index is 691. The van der Waals surface area contributed by atoms with Crippen LogP contribution in [0.2, 0.25) is 0 Å². The first kappa shape index (κ1) is 18.5. The number of thiophene rings is 1. The predicted molar refractivity (Wildman–Crippen MR) is 88.0 cm³/mol. The summed E-state index contributed by atoms with van der Waals surface area (Å²) < 4.78 is 39.3. The van der Waals surface area contributed by atoms with E-state index in [2.05, 4.69) is 17.3 Å². The SMILES string of the molecule is CCCCCCNC(=O)c1ccc(-c2cc(C(F)(F)F)n(C)n2)s1. The summed E-state index contributed by atoms with van der Waals surface area (Å²) >= 11 is 1.14. The lowest BCUT2D eigenvalue weighted by molar-refractivity contribution is -0.143. The fourth-order valence-electron chi connectivity index (χ4n) is 2.29. The van der Waals surface area contributed by atoms with Gasteiger partial charge < -0.3 is 5.32 Å². The minimum absolute atomic E-state index is 0.199. The fourth-order valence-corrected chi connectivity index (χ4v) is 3.17. The largest absolute Gasteiger partial charge is 0.433 e. The number of carbonyl (C=O) groups is 1. The van der Waals surface area contributed by atoms with Gasteiger partial charge in [0.05, 0.1) is 9.75 Å². The number of amides is 1. The van der Waals surface area contributed by atoms with Crippen molar-refractivity contribution in [3.05, 3.63) is 28.8 Å². The number of carbonyl (C=O) groups excluding carboxylic acids is 1. The van der Waals surface area contributed by atoms with Crippen molar-refractivity contribution in [3.8, 4) is 10.6 Å². The van der Waals surface area contributed by atoms with Crippen LogP contribution in [0.15, 0.2) is 18.2 Å². The second-order valence-electron chi connectivity index (χ2n) is 5.52. The van der Waals surface area contributed by atoms with E-state index in [9.17, 15) is 18.0 Å². The number of nitrogens with zero attached hydrogens (tertiary/aromatic N) is 2. The summed E-state index contributed by atoms with van der Waals surface area (Å²) in [5.41, 5.74) is -0.593. The molecule has 2 aromatic heterocycles. The van der Waals surface area contributed by atoms with E-state index in [0.29, 0.717) is 16.3 Å². The van der Waals surface area contributed by atoms with Crippen LogP contribution in [0.5, 0.6) is 0 Å². The van der Waals surface area contributed by atoms with Gasteiger partial charge in [-0.3, -0.25) is 9.48 Å². The summed E-state index contributed by atoms with van der Waals surface area (Å²) in [5.74, 6) is -0.199. The number of nitrogens with one attached hydrogen (secondary N) is 1. The quantitative estimate of drug-likeness (QED) is 0.741. The fraction of sp³-hybridized carbons (Fsp3) is 0.500. The molecule has 2 heterocycles. The van der Waals surface area contributed by atoms with Crippen LogP contribution >= 0.6 is 11.3 Å². The van der Waals surface area contributed by atoms with Gasteiger partial charge in [0.2, 0.25) is 0 Å². The second-order valence-corrected chi connectivity index (χ2v) is 6.60. The molecule has 2 rings (SSSR count). The maximum absolute atomic E-state index is 12.8. The molecule has 0 bridgehead atoms. The minimum Gasteiger partial charge on any atom is -0.351 e. The van der Waals surface area contributed by atoms with Gasteiger partial charge in [0.25, 0.3) is 5.91 Å². The number of alkyl halides is 3. The number of aryl methyl sites for hydroxylation is 1. The Kier molecular flexibility index (Phi) is 6.04. The van der Waals surface area contributed by atoms with Crippen molar-refractivity contribution in [2.45, 2.75) is 38.8 Å². The molecule has 0 unspecified atom stereocenters. The summed E-state index contributed by atoms with van der Waals surface area (Å²) in [6.45, 7) is 2.72. The van der Waals surface area contributed by atoms with Crippen molar-refractivity contribution in [3.63, 3.8) is 0 Å². The number of hydrogen-bond acceptors (Lipinski definition) is 3. The van der Waals surface area contributed by atoms with Crippen LogP contribution in [0.1, 0.15) is 48.0 Å². The standard InChI is InChI=1S/C16H20F3N3OS/c1-3-4-5-6-9-20-15(23)13-8-7-12(24-13)11-10-14(16(17,18)19)22(2)21-11/h7-8,10H,3-6,9H2,1-2H3,(H,20,23). The summed E-state index contributed by atoms with van der Waals surface area (Å²) in [4.78, 5) is 13.1. The van der Waals surface area contributed by atoms with Crippen molar-refractivity contribution in [2.24, 2.45) is 7.05 Å². The summed E-state index contributed by atoms with van der Waals surface area (Å²) in [7, 11) is 1.25. The first-order valence-corrected chi connectivity index (χ1v) is 8.64. The van der Waals surface area contributed by atoms with Crippen molar-refractivity contribution in [2.75, 3.05) is 6.54 Å². The van der Waals surface area contributed by atoms with Gasteiger partial charge in [-0.1, -0.05) is 26.2 Å². The Morgan fingerprint density at radius 3 is 2.67 bits per heavy atom. The molecule has 0 fully saturated rings. The lowest BCUT2D eigenvalue weighted by Crippen LogP contribution is -2.23. The van der Waals surface area contributed by atoms with Gasteiger partial charge in [-0.15, -0.1) is 11.3 Å². The molecule has 0 saturated heterocycles. The van der Waals surface area contributed by atoms with Gasteiger partial charge in [-0.2, -0.15) is 18.3 Å². The summed E-state index contributed by atoms with van der Waals surface area (Å²) in [5, 5.41) is 6.72. The zero-order valence-electron chi connectivity index (χ0n) is 13.6. The Morgan fingerprint density at radius 1 is 1.29 bits per heavy atom.